The maximum absolute atomic E-state index is 10.1. The predicted octanol–water partition coefficient (Wildman–Crippen LogP) is 4.58. The third-order valence-corrected chi connectivity index (χ3v) is 4.23. The molecule has 3 heteroatoms. The minimum atomic E-state index is -0.502. The highest BCUT2D eigenvalue weighted by Gasteiger charge is 2.07. The fourth-order valence-corrected chi connectivity index (χ4v) is 2.87. The highest BCUT2D eigenvalue weighted by atomic mass is 16.5. The summed E-state index contributed by atoms with van der Waals surface area (Å²) in [6, 6.07) is 19.0. The number of rotatable bonds is 8. The monoisotopic (exact) mass is 323 g/mol. The molecule has 0 radical (unpaired) electrons. The minimum Gasteiger partial charge on any atom is -0.389 e. The molecule has 1 atom stereocenters. The van der Waals surface area contributed by atoms with Crippen LogP contribution < -0.4 is 5.32 Å². The van der Waals surface area contributed by atoms with Crippen LogP contribution in [0.15, 0.2) is 54.6 Å². The van der Waals surface area contributed by atoms with E-state index in [0.29, 0.717) is 19.8 Å². The van der Waals surface area contributed by atoms with Gasteiger partial charge in [-0.25, -0.2) is 0 Å². The Morgan fingerprint density at radius 1 is 1.00 bits per heavy atom. The van der Waals surface area contributed by atoms with Crippen molar-refractivity contribution in [1.82, 2.24) is 0 Å². The van der Waals surface area contributed by atoms with Crippen LogP contribution in [0, 0.1) is 0 Å². The molecule has 2 N–H and O–H groups in total. The van der Waals surface area contributed by atoms with Crippen molar-refractivity contribution >= 4 is 27.2 Å². The largest absolute Gasteiger partial charge is 0.389 e. The third kappa shape index (κ3) is 4.05. The van der Waals surface area contributed by atoms with Gasteiger partial charge in [-0.2, -0.15) is 0 Å². The quantitative estimate of drug-likeness (QED) is 0.471. The van der Waals surface area contributed by atoms with Crippen LogP contribution in [0.2, 0.25) is 0 Å². The summed E-state index contributed by atoms with van der Waals surface area (Å²) in [6.45, 7) is 3.71. The first-order valence-electron chi connectivity index (χ1n) is 8.69. The van der Waals surface area contributed by atoms with Crippen LogP contribution in [0.3, 0.4) is 0 Å². The molecule has 3 aromatic carbocycles. The van der Waals surface area contributed by atoms with Gasteiger partial charge in [0.05, 0.1) is 12.7 Å². The van der Waals surface area contributed by atoms with Crippen molar-refractivity contribution in [3.05, 3.63) is 54.6 Å². The van der Waals surface area contributed by atoms with E-state index >= 15 is 0 Å². The minimum absolute atomic E-state index is 0.376. The average Bonchev–Trinajstić information content (AvgIpc) is 2.62. The van der Waals surface area contributed by atoms with Crippen LogP contribution in [0.25, 0.3) is 21.5 Å². The SMILES string of the molecule is CCCCOCC(O)CNc1cccc2cc3ccccc3cc12. The number of nitrogens with one attached hydrogen (secondary N) is 1. The predicted molar refractivity (Wildman–Crippen MR) is 102 cm³/mol. The summed E-state index contributed by atoms with van der Waals surface area (Å²) in [5, 5.41) is 18.3. The molecule has 0 bridgehead atoms. The molecule has 3 aromatic rings. The number of aliphatic hydroxyl groups is 1. The van der Waals surface area contributed by atoms with Gasteiger partial charge in [-0.05, 0) is 40.8 Å². The molecule has 0 fully saturated rings. The Labute approximate surface area is 143 Å². The lowest BCUT2D eigenvalue weighted by atomic mass is 10.0. The molecule has 0 aliphatic rings. The Bertz CT molecular complexity index is 800. The Balaban J connectivity index is 1.71. The fourth-order valence-electron chi connectivity index (χ4n) is 2.87. The molecular formula is C21H25NO2. The number of aliphatic hydroxyl groups excluding tert-OH is 1. The molecule has 0 heterocycles. The van der Waals surface area contributed by atoms with Gasteiger partial charge in [0.1, 0.15) is 0 Å². The number of ether oxygens (including phenoxy) is 1. The van der Waals surface area contributed by atoms with E-state index in [1.807, 2.05) is 6.07 Å². The smallest absolute Gasteiger partial charge is 0.0945 e. The van der Waals surface area contributed by atoms with Crippen LogP contribution in [0.5, 0.6) is 0 Å². The second-order valence-electron chi connectivity index (χ2n) is 6.19. The first kappa shape index (κ1) is 16.7. The zero-order valence-corrected chi connectivity index (χ0v) is 14.2. The summed E-state index contributed by atoms with van der Waals surface area (Å²) >= 11 is 0. The molecule has 0 spiro atoms. The number of unbranched alkanes of at least 4 members (excludes halogenated alkanes) is 1. The van der Waals surface area contributed by atoms with E-state index in [2.05, 4.69) is 60.8 Å². The van der Waals surface area contributed by atoms with Crippen molar-refractivity contribution in [2.45, 2.75) is 25.9 Å². The summed E-state index contributed by atoms with van der Waals surface area (Å²) in [4.78, 5) is 0. The molecular weight excluding hydrogens is 298 g/mol. The number of benzene rings is 3. The van der Waals surface area contributed by atoms with E-state index in [1.54, 1.807) is 0 Å². The second kappa shape index (κ2) is 8.13. The van der Waals surface area contributed by atoms with E-state index < -0.39 is 6.10 Å². The van der Waals surface area contributed by atoms with Crippen LogP contribution in [-0.2, 0) is 4.74 Å². The Kier molecular flexibility index (Phi) is 5.68. The summed E-state index contributed by atoms with van der Waals surface area (Å²) in [6.07, 6.45) is 1.65. The molecule has 0 saturated heterocycles. The van der Waals surface area contributed by atoms with Gasteiger partial charge in [0.25, 0.3) is 0 Å². The van der Waals surface area contributed by atoms with E-state index in [-0.39, 0.29) is 0 Å². The molecule has 0 aromatic heterocycles. The van der Waals surface area contributed by atoms with Gasteiger partial charge in [-0.3, -0.25) is 0 Å². The first-order valence-corrected chi connectivity index (χ1v) is 8.69. The maximum Gasteiger partial charge on any atom is 0.0945 e. The second-order valence-corrected chi connectivity index (χ2v) is 6.19. The molecule has 0 amide bonds. The van der Waals surface area contributed by atoms with E-state index in [9.17, 15) is 5.11 Å². The lowest BCUT2D eigenvalue weighted by Gasteiger charge is -2.15. The number of anilines is 1. The normalized spacial score (nSPS) is 12.6. The van der Waals surface area contributed by atoms with Gasteiger partial charge in [0.2, 0.25) is 0 Å². The molecule has 3 rings (SSSR count). The highest BCUT2D eigenvalue weighted by molar-refractivity contribution is 6.03. The van der Waals surface area contributed by atoms with Gasteiger partial charge in [-0.15, -0.1) is 0 Å². The van der Waals surface area contributed by atoms with Crippen molar-refractivity contribution in [3.8, 4) is 0 Å². The van der Waals surface area contributed by atoms with Crippen molar-refractivity contribution in [2.75, 3.05) is 25.1 Å². The molecule has 0 aliphatic heterocycles. The van der Waals surface area contributed by atoms with Crippen molar-refractivity contribution in [1.29, 1.82) is 0 Å². The summed E-state index contributed by atoms with van der Waals surface area (Å²) in [5.41, 5.74) is 1.05. The van der Waals surface area contributed by atoms with E-state index in [0.717, 1.165) is 18.5 Å². The van der Waals surface area contributed by atoms with E-state index in [1.165, 1.54) is 21.5 Å². The number of hydrogen-bond donors (Lipinski definition) is 2. The number of hydrogen-bond acceptors (Lipinski definition) is 3. The highest BCUT2D eigenvalue weighted by Crippen LogP contribution is 2.28. The van der Waals surface area contributed by atoms with Crippen LogP contribution in [0.1, 0.15) is 19.8 Å². The van der Waals surface area contributed by atoms with Crippen molar-refractivity contribution in [3.63, 3.8) is 0 Å². The van der Waals surface area contributed by atoms with Gasteiger partial charge < -0.3 is 15.2 Å². The van der Waals surface area contributed by atoms with E-state index in [4.69, 9.17) is 4.74 Å². The van der Waals surface area contributed by atoms with Gasteiger partial charge in [0, 0.05) is 24.2 Å². The van der Waals surface area contributed by atoms with Gasteiger partial charge in [0.15, 0.2) is 0 Å². The zero-order valence-electron chi connectivity index (χ0n) is 14.2. The van der Waals surface area contributed by atoms with Crippen LogP contribution in [-0.4, -0.2) is 31.0 Å². The molecule has 24 heavy (non-hydrogen) atoms. The lowest BCUT2D eigenvalue weighted by Crippen LogP contribution is -2.25. The molecule has 126 valence electrons. The Morgan fingerprint density at radius 3 is 2.54 bits per heavy atom. The maximum atomic E-state index is 10.1. The van der Waals surface area contributed by atoms with Gasteiger partial charge >= 0.3 is 0 Å². The number of fused-ring (bicyclic) bond motifs is 2. The molecule has 1 unspecified atom stereocenters. The first-order chi connectivity index (χ1) is 11.8. The lowest BCUT2D eigenvalue weighted by molar-refractivity contribution is 0.0422. The average molecular weight is 323 g/mol. The van der Waals surface area contributed by atoms with Crippen LogP contribution >= 0.6 is 0 Å². The Morgan fingerprint density at radius 2 is 1.75 bits per heavy atom. The molecule has 0 saturated carbocycles. The standard InChI is InChI=1S/C21H25NO2/c1-2-3-11-24-15-19(23)14-22-21-10-6-9-18-12-16-7-4-5-8-17(16)13-20(18)21/h4-10,12-13,19,22-23H,2-3,11,14-15H2,1H3. The fraction of sp³-hybridized carbons (Fsp3) is 0.333. The topological polar surface area (TPSA) is 41.5 Å². The van der Waals surface area contributed by atoms with Crippen molar-refractivity contribution in [2.24, 2.45) is 0 Å². The Hall–Kier alpha value is -2.10. The summed E-state index contributed by atoms with van der Waals surface area (Å²) in [5.74, 6) is 0. The third-order valence-electron chi connectivity index (χ3n) is 4.23. The zero-order chi connectivity index (χ0) is 16.8. The molecule has 3 nitrogen and oxygen atoms in total. The van der Waals surface area contributed by atoms with Gasteiger partial charge in [-0.1, -0.05) is 49.7 Å². The van der Waals surface area contributed by atoms with Crippen LogP contribution in [0.4, 0.5) is 5.69 Å². The van der Waals surface area contributed by atoms with Crippen molar-refractivity contribution < 1.29 is 9.84 Å². The summed E-state index contributed by atoms with van der Waals surface area (Å²) < 4.78 is 5.48. The molecule has 0 aliphatic carbocycles. The summed E-state index contributed by atoms with van der Waals surface area (Å²) in [7, 11) is 0.